The molecule has 1 saturated heterocycles. The second-order valence-electron chi connectivity index (χ2n) is 5.52. The Morgan fingerprint density at radius 2 is 2.12 bits per heavy atom. The van der Waals surface area contributed by atoms with Gasteiger partial charge in [0.1, 0.15) is 5.25 Å². The van der Waals surface area contributed by atoms with E-state index in [-0.39, 0.29) is 30.0 Å². The molecule has 0 unspecified atom stereocenters. The Bertz CT molecular complexity index is 730. The maximum Gasteiger partial charge on any atom is 0.269 e. The van der Waals surface area contributed by atoms with Gasteiger partial charge in [-0.25, -0.2) is 0 Å². The Morgan fingerprint density at radius 3 is 2.72 bits per heavy atom. The highest BCUT2D eigenvalue weighted by Crippen LogP contribution is 2.22. The predicted molar refractivity (Wildman–Crippen MR) is 95.5 cm³/mol. The summed E-state index contributed by atoms with van der Waals surface area (Å²) in [6.07, 6.45) is 1.49. The first-order chi connectivity index (χ1) is 11.8. The van der Waals surface area contributed by atoms with Crippen LogP contribution in [0.1, 0.15) is 25.8 Å². The smallest absolute Gasteiger partial charge is 0.269 e. The Balaban J connectivity index is 1.92. The number of nitrogens with zero attached hydrogens (tertiary/aromatic N) is 3. The zero-order valence-electron chi connectivity index (χ0n) is 13.6. The van der Waals surface area contributed by atoms with Gasteiger partial charge in [0.05, 0.1) is 11.1 Å². The molecule has 2 rings (SSSR count). The first-order valence-corrected chi connectivity index (χ1v) is 8.35. The van der Waals surface area contributed by atoms with Crippen molar-refractivity contribution in [2.75, 3.05) is 0 Å². The quantitative estimate of drug-likeness (QED) is 0.449. The summed E-state index contributed by atoms with van der Waals surface area (Å²) in [5.41, 5.74) is 0.627. The van der Waals surface area contributed by atoms with Crippen LogP contribution in [0.25, 0.3) is 0 Å². The molecule has 1 aliphatic heterocycles. The molecule has 1 aromatic rings. The maximum absolute atomic E-state index is 11.8. The average molecular weight is 363 g/mol. The third kappa shape index (κ3) is 5.68. The van der Waals surface area contributed by atoms with E-state index in [1.165, 1.54) is 18.3 Å². The van der Waals surface area contributed by atoms with Crippen LogP contribution in [0, 0.1) is 10.1 Å². The summed E-state index contributed by atoms with van der Waals surface area (Å²) in [4.78, 5) is 33.6. The summed E-state index contributed by atoms with van der Waals surface area (Å²) >= 11 is 1.14. The first kappa shape index (κ1) is 18.6. The number of hydrogen-bond acceptors (Lipinski definition) is 7. The van der Waals surface area contributed by atoms with Gasteiger partial charge in [0.15, 0.2) is 5.17 Å². The van der Waals surface area contributed by atoms with Crippen molar-refractivity contribution >= 4 is 40.6 Å². The Labute approximate surface area is 148 Å². The van der Waals surface area contributed by atoms with Gasteiger partial charge < -0.3 is 10.6 Å². The molecule has 1 atom stereocenters. The van der Waals surface area contributed by atoms with Crippen LogP contribution in [0.15, 0.2) is 34.5 Å². The van der Waals surface area contributed by atoms with E-state index in [4.69, 9.17) is 0 Å². The SMILES string of the molecule is CC(C)NC(=O)C[C@@H]1S/C(=N/N=Cc2ccc([N+](=O)[O-])cc2)NC1=O. The van der Waals surface area contributed by atoms with Gasteiger partial charge in [0.25, 0.3) is 5.69 Å². The molecule has 1 aliphatic rings. The number of carbonyl (C=O) groups excluding carboxylic acids is 2. The molecular weight excluding hydrogens is 346 g/mol. The lowest BCUT2D eigenvalue weighted by Crippen LogP contribution is -2.34. The number of rotatable bonds is 6. The van der Waals surface area contributed by atoms with Crippen LogP contribution in [0.4, 0.5) is 5.69 Å². The number of carbonyl (C=O) groups is 2. The fraction of sp³-hybridized carbons (Fsp3) is 0.333. The largest absolute Gasteiger partial charge is 0.354 e. The number of nitro benzene ring substituents is 1. The zero-order valence-corrected chi connectivity index (χ0v) is 14.4. The standard InChI is InChI=1S/C15H17N5O4S/c1-9(2)17-13(21)7-12-14(22)18-15(25-12)19-16-8-10-3-5-11(6-4-10)20(23)24/h3-6,8-9,12H,7H2,1-2H3,(H,17,21)(H,18,19,22)/t12-/m0/s1. The maximum atomic E-state index is 11.8. The minimum absolute atomic E-state index is 0.00964. The molecular formula is C15H17N5O4S. The third-order valence-corrected chi connectivity index (χ3v) is 4.13. The highest BCUT2D eigenvalue weighted by molar-refractivity contribution is 8.15. The van der Waals surface area contributed by atoms with E-state index >= 15 is 0 Å². The summed E-state index contributed by atoms with van der Waals surface area (Å²) in [5.74, 6) is -0.480. The van der Waals surface area contributed by atoms with Crippen molar-refractivity contribution in [2.45, 2.75) is 31.6 Å². The van der Waals surface area contributed by atoms with Gasteiger partial charge in [-0.3, -0.25) is 19.7 Å². The highest BCUT2D eigenvalue weighted by Gasteiger charge is 2.32. The molecule has 0 bridgehead atoms. The molecule has 0 spiro atoms. The summed E-state index contributed by atoms with van der Waals surface area (Å²) < 4.78 is 0. The number of non-ortho nitro benzene ring substituents is 1. The van der Waals surface area contributed by atoms with Crippen molar-refractivity contribution in [1.29, 1.82) is 0 Å². The summed E-state index contributed by atoms with van der Waals surface area (Å²) in [5, 5.41) is 23.4. The number of hydrogen-bond donors (Lipinski definition) is 2. The molecule has 2 N–H and O–H groups in total. The summed E-state index contributed by atoms with van der Waals surface area (Å²) in [7, 11) is 0. The molecule has 0 aliphatic carbocycles. The van der Waals surface area contributed by atoms with Gasteiger partial charge in [-0.1, -0.05) is 11.8 Å². The lowest BCUT2D eigenvalue weighted by atomic mass is 10.2. The Kier molecular flexibility index (Phi) is 6.23. The molecule has 0 radical (unpaired) electrons. The number of thioether (sulfide) groups is 1. The number of amides is 2. The monoisotopic (exact) mass is 363 g/mol. The van der Waals surface area contributed by atoms with Gasteiger partial charge in [-0.15, -0.1) is 5.10 Å². The molecule has 0 saturated carbocycles. The van der Waals surface area contributed by atoms with Crippen LogP contribution < -0.4 is 10.6 Å². The molecule has 25 heavy (non-hydrogen) atoms. The van der Waals surface area contributed by atoms with Crippen LogP contribution in [0.2, 0.25) is 0 Å². The third-order valence-electron chi connectivity index (χ3n) is 3.06. The van der Waals surface area contributed by atoms with Crippen LogP contribution in [0.5, 0.6) is 0 Å². The Hall–Kier alpha value is -2.75. The summed E-state index contributed by atoms with van der Waals surface area (Å²) in [6.45, 7) is 3.69. The van der Waals surface area contributed by atoms with Gasteiger partial charge >= 0.3 is 0 Å². The van der Waals surface area contributed by atoms with E-state index < -0.39 is 10.2 Å². The fourth-order valence-corrected chi connectivity index (χ4v) is 2.89. The molecule has 9 nitrogen and oxygen atoms in total. The van der Waals surface area contributed by atoms with Crippen molar-refractivity contribution in [3.63, 3.8) is 0 Å². The normalized spacial score (nSPS) is 18.8. The molecule has 0 aromatic heterocycles. The average Bonchev–Trinajstić information content (AvgIpc) is 2.86. The summed E-state index contributed by atoms with van der Waals surface area (Å²) in [6, 6.07) is 5.83. The van der Waals surface area contributed by atoms with Crippen LogP contribution in [-0.4, -0.2) is 39.4 Å². The fourth-order valence-electron chi connectivity index (χ4n) is 1.97. The molecule has 1 heterocycles. The van der Waals surface area contributed by atoms with Gasteiger partial charge in [0.2, 0.25) is 11.8 Å². The van der Waals surface area contributed by atoms with Crippen molar-refractivity contribution in [2.24, 2.45) is 10.2 Å². The van der Waals surface area contributed by atoms with Crippen molar-refractivity contribution in [3.8, 4) is 0 Å². The van der Waals surface area contributed by atoms with E-state index in [2.05, 4.69) is 20.8 Å². The van der Waals surface area contributed by atoms with Crippen LogP contribution >= 0.6 is 11.8 Å². The number of amidine groups is 1. The van der Waals surface area contributed by atoms with E-state index in [0.29, 0.717) is 10.7 Å². The van der Waals surface area contributed by atoms with Gasteiger partial charge in [-0.05, 0) is 31.5 Å². The van der Waals surface area contributed by atoms with Crippen LogP contribution in [-0.2, 0) is 9.59 Å². The van der Waals surface area contributed by atoms with Crippen molar-refractivity contribution in [1.82, 2.24) is 10.6 Å². The zero-order chi connectivity index (χ0) is 18.4. The van der Waals surface area contributed by atoms with E-state index in [0.717, 1.165) is 11.8 Å². The van der Waals surface area contributed by atoms with E-state index in [9.17, 15) is 19.7 Å². The second kappa shape index (κ2) is 8.38. The van der Waals surface area contributed by atoms with E-state index in [1.54, 1.807) is 12.1 Å². The minimum Gasteiger partial charge on any atom is -0.354 e. The Morgan fingerprint density at radius 1 is 1.44 bits per heavy atom. The highest BCUT2D eigenvalue weighted by atomic mass is 32.2. The number of benzene rings is 1. The lowest BCUT2D eigenvalue weighted by Gasteiger charge is -2.09. The predicted octanol–water partition coefficient (Wildman–Crippen LogP) is 1.43. The lowest BCUT2D eigenvalue weighted by molar-refractivity contribution is -0.384. The van der Waals surface area contributed by atoms with Crippen molar-refractivity contribution < 1.29 is 14.5 Å². The van der Waals surface area contributed by atoms with Gasteiger partial charge in [0, 0.05) is 24.6 Å². The molecule has 1 aromatic carbocycles. The van der Waals surface area contributed by atoms with Crippen LogP contribution in [0.3, 0.4) is 0 Å². The topological polar surface area (TPSA) is 126 Å². The first-order valence-electron chi connectivity index (χ1n) is 7.47. The van der Waals surface area contributed by atoms with Crippen molar-refractivity contribution in [3.05, 3.63) is 39.9 Å². The molecule has 132 valence electrons. The van der Waals surface area contributed by atoms with Gasteiger partial charge in [-0.2, -0.15) is 5.10 Å². The number of nitro groups is 1. The molecule has 1 fully saturated rings. The minimum atomic E-state index is -0.535. The van der Waals surface area contributed by atoms with E-state index in [1.807, 2.05) is 13.8 Å². The second-order valence-corrected chi connectivity index (χ2v) is 6.71. The molecule has 10 heteroatoms. The molecule has 2 amide bonds. The number of nitrogens with one attached hydrogen (secondary N) is 2.